The Kier molecular flexibility index (Phi) is 6.64. The van der Waals surface area contributed by atoms with Crippen LogP contribution in [0.4, 0.5) is 0 Å². The molecule has 6 nitrogen and oxygen atoms in total. The molecule has 22 heavy (non-hydrogen) atoms. The van der Waals surface area contributed by atoms with Gasteiger partial charge in [0.25, 0.3) is 0 Å². The Hall–Kier alpha value is -1.14. The number of hydrogen-bond acceptors (Lipinski definition) is 5. The van der Waals surface area contributed by atoms with Crippen LogP contribution in [0.25, 0.3) is 0 Å². The molecule has 0 aromatic carbocycles. The van der Waals surface area contributed by atoms with Gasteiger partial charge in [-0.05, 0) is 38.5 Å². The molecule has 1 saturated heterocycles. The van der Waals surface area contributed by atoms with Crippen LogP contribution in [0.3, 0.4) is 0 Å². The van der Waals surface area contributed by atoms with Gasteiger partial charge in [0.15, 0.2) is 6.04 Å². The summed E-state index contributed by atoms with van der Waals surface area (Å²) < 4.78 is 15.6. The predicted octanol–water partition coefficient (Wildman–Crippen LogP) is 1.37. The van der Waals surface area contributed by atoms with Crippen molar-refractivity contribution in [3.8, 4) is 0 Å². The molecule has 126 valence electrons. The second kappa shape index (κ2) is 8.48. The molecule has 0 bridgehead atoms. The Morgan fingerprint density at radius 3 is 2.45 bits per heavy atom. The zero-order valence-electron chi connectivity index (χ0n) is 13.6. The number of ether oxygens (including phenoxy) is 3. The summed E-state index contributed by atoms with van der Waals surface area (Å²) in [6.07, 6.45) is 4.23. The minimum absolute atomic E-state index is 0.0458. The average molecular weight is 313 g/mol. The number of methoxy groups -OCH3 is 1. The van der Waals surface area contributed by atoms with E-state index in [1.165, 1.54) is 0 Å². The van der Waals surface area contributed by atoms with Gasteiger partial charge >= 0.3 is 5.97 Å². The number of carbonyl (C=O) groups is 2. The molecule has 6 heteroatoms. The smallest absolute Gasteiger partial charge is 0.331 e. The van der Waals surface area contributed by atoms with Crippen molar-refractivity contribution in [2.24, 2.45) is 5.92 Å². The number of nitrogens with zero attached hydrogens (tertiary/aromatic N) is 1. The lowest BCUT2D eigenvalue weighted by Crippen LogP contribution is -2.50. The Bertz CT molecular complexity index is 377. The van der Waals surface area contributed by atoms with Gasteiger partial charge in [-0.2, -0.15) is 0 Å². The number of carbonyl (C=O) groups excluding carboxylic acids is 2. The third kappa shape index (κ3) is 4.68. The van der Waals surface area contributed by atoms with E-state index in [1.54, 1.807) is 18.9 Å². The fourth-order valence-electron chi connectivity index (χ4n) is 2.95. The Morgan fingerprint density at radius 2 is 1.91 bits per heavy atom. The van der Waals surface area contributed by atoms with Crippen LogP contribution in [0.5, 0.6) is 0 Å². The van der Waals surface area contributed by atoms with Crippen LogP contribution >= 0.6 is 0 Å². The Morgan fingerprint density at radius 1 is 1.23 bits per heavy atom. The van der Waals surface area contributed by atoms with Crippen LogP contribution in [-0.2, 0) is 23.8 Å². The summed E-state index contributed by atoms with van der Waals surface area (Å²) in [5, 5.41) is 0. The summed E-state index contributed by atoms with van der Waals surface area (Å²) >= 11 is 0. The van der Waals surface area contributed by atoms with Crippen LogP contribution in [-0.4, -0.2) is 62.4 Å². The van der Waals surface area contributed by atoms with E-state index in [0.29, 0.717) is 18.9 Å². The van der Waals surface area contributed by atoms with Crippen LogP contribution in [0.1, 0.15) is 39.0 Å². The van der Waals surface area contributed by atoms with Gasteiger partial charge in [0.2, 0.25) is 5.91 Å². The van der Waals surface area contributed by atoms with E-state index in [9.17, 15) is 9.59 Å². The summed E-state index contributed by atoms with van der Waals surface area (Å²) in [6.45, 7) is 3.72. The maximum absolute atomic E-state index is 12.7. The second-order valence-corrected chi connectivity index (χ2v) is 6.02. The molecule has 2 fully saturated rings. The van der Waals surface area contributed by atoms with Crippen molar-refractivity contribution in [3.63, 3.8) is 0 Å². The minimum Gasteiger partial charge on any atom is -0.464 e. The van der Waals surface area contributed by atoms with Gasteiger partial charge in [-0.25, -0.2) is 4.79 Å². The third-order valence-electron chi connectivity index (χ3n) is 4.25. The molecule has 0 aromatic rings. The molecule has 0 N–H and O–H groups in total. The quantitative estimate of drug-likeness (QED) is 0.633. The number of amides is 1. The lowest BCUT2D eigenvalue weighted by Gasteiger charge is -2.32. The molecular weight excluding hydrogens is 286 g/mol. The summed E-state index contributed by atoms with van der Waals surface area (Å²) in [4.78, 5) is 26.6. The van der Waals surface area contributed by atoms with Crippen molar-refractivity contribution < 1.29 is 23.8 Å². The van der Waals surface area contributed by atoms with E-state index in [4.69, 9.17) is 14.2 Å². The highest BCUT2D eigenvalue weighted by molar-refractivity contribution is 5.85. The molecule has 1 amide bonds. The lowest BCUT2D eigenvalue weighted by atomic mass is 9.95. The van der Waals surface area contributed by atoms with Gasteiger partial charge in [0, 0.05) is 32.8 Å². The molecule has 0 spiro atoms. The molecule has 2 aliphatic rings. The van der Waals surface area contributed by atoms with Gasteiger partial charge in [-0.1, -0.05) is 0 Å². The first kappa shape index (κ1) is 17.2. The first-order valence-corrected chi connectivity index (χ1v) is 8.21. The molecule has 1 unspecified atom stereocenters. The lowest BCUT2D eigenvalue weighted by molar-refractivity contribution is -0.158. The number of hydrogen-bond donors (Lipinski definition) is 0. The first-order valence-electron chi connectivity index (χ1n) is 8.21. The predicted molar refractivity (Wildman–Crippen MR) is 80.3 cm³/mol. The monoisotopic (exact) mass is 313 g/mol. The maximum atomic E-state index is 12.7. The van der Waals surface area contributed by atoms with Crippen LogP contribution in [0.15, 0.2) is 0 Å². The van der Waals surface area contributed by atoms with Crippen molar-refractivity contribution in [2.45, 2.75) is 51.1 Å². The van der Waals surface area contributed by atoms with Crippen molar-refractivity contribution in [1.29, 1.82) is 0 Å². The van der Waals surface area contributed by atoms with E-state index >= 15 is 0 Å². The zero-order chi connectivity index (χ0) is 15.9. The van der Waals surface area contributed by atoms with Crippen LogP contribution in [0.2, 0.25) is 0 Å². The van der Waals surface area contributed by atoms with Gasteiger partial charge < -0.3 is 19.1 Å². The van der Waals surface area contributed by atoms with Crippen molar-refractivity contribution in [2.75, 3.05) is 33.5 Å². The first-order chi connectivity index (χ1) is 10.7. The van der Waals surface area contributed by atoms with Crippen molar-refractivity contribution in [1.82, 2.24) is 4.90 Å². The third-order valence-corrected chi connectivity index (χ3v) is 4.25. The zero-order valence-corrected chi connectivity index (χ0v) is 13.6. The highest BCUT2D eigenvalue weighted by Crippen LogP contribution is 2.31. The fourth-order valence-corrected chi connectivity index (χ4v) is 2.95. The van der Waals surface area contributed by atoms with Crippen LogP contribution < -0.4 is 0 Å². The van der Waals surface area contributed by atoms with E-state index < -0.39 is 6.04 Å². The highest BCUT2D eigenvalue weighted by atomic mass is 16.5. The Labute approximate surface area is 132 Å². The molecule has 1 aliphatic heterocycles. The topological polar surface area (TPSA) is 65.1 Å². The minimum atomic E-state index is -0.621. The average Bonchev–Trinajstić information content (AvgIpc) is 3.33. The molecule has 1 atom stereocenters. The van der Waals surface area contributed by atoms with Crippen molar-refractivity contribution in [3.05, 3.63) is 0 Å². The molecule has 0 radical (unpaired) electrons. The van der Waals surface area contributed by atoms with E-state index in [-0.39, 0.29) is 24.5 Å². The second-order valence-electron chi connectivity index (χ2n) is 6.02. The van der Waals surface area contributed by atoms with E-state index in [2.05, 4.69) is 0 Å². The summed E-state index contributed by atoms with van der Waals surface area (Å²) in [6, 6.07) is -0.457. The normalized spacial score (nSPS) is 20.5. The summed E-state index contributed by atoms with van der Waals surface area (Å²) in [5.41, 5.74) is 0. The standard InChI is InChI=1S/C16H27NO5/c1-3-22-16(19)14(11-20-2)17(13-4-5-13)15(18)10-12-6-8-21-9-7-12/h12-14H,3-11H2,1-2H3. The molecule has 2 rings (SSSR count). The van der Waals surface area contributed by atoms with E-state index in [1.807, 2.05) is 0 Å². The van der Waals surface area contributed by atoms with Gasteiger partial charge in [-0.3, -0.25) is 4.79 Å². The summed E-state index contributed by atoms with van der Waals surface area (Å²) in [5.74, 6) is 0.0361. The summed E-state index contributed by atoms with van der Waals surface area (Å²) in [7, 11) is 1.54. The molecule has 1 aliphatic carbocycles. The van der Waals surface area contributed by atoms with Gasteiger partial charge in [0.05, 0.1) is 13.2 Å². The molecule has 1 saturated carbocycles. The SMILES string of the molecule is CCOC(=O)C(COC)N(C(=O)CC1CCOCC1)C1CC1. The van der Waals surface area contributed by atoms with Gasteiger partial charge in [0.1, 0.15) is 0 Å². The number of rotatable bonds is 8. The number of esters is 1. The largest absolute Gasteiger partial charge is 0.464 e. The Balaban J connectivity index is 2.02. The highest BCUT2D eigenvalue weighted by Gasteiger charge is 2.41. The van der Waals surface area contributed by atoms with E-state index in [0.717, 1.165) is 38.9 Å². The van der Waals surface area contributed by atoms with Crippen molar-refractivity contribution >= 4 is 11.9 Å². The maximum Gasteiger partial charge on any atom is 0.331 e. The van der Waals surface area contributed by atoms with Crippen LogP contribution in [0, 0.1) is 5.92 Å². The molecule has 1 heterocycles. The fraction of sp³-hybridized carbons (Fsp3) is 0.875. The van der Waals surface area contributed by atoms with Gasteiger partial charge in [-0.15, -0.1) is 0 Å². The molecular formula is C16H27NO5. The molecule has 0 aromatic heterocycles.